The standard InChI is InChI=1S/C12H13BrClN3/c1-17-11(12(13)15-16-17)8-7-10(14)9-5-3-2-4-6-9/h2-6,10H,7-8H2,1H3. The van der Waals surface area contributed by atoms with Crippen LogP contribution in [0.5, 0.6) is 0 Å². The normalized spacial score (nSPS) is 12.6. The molecule has 0 saturated heterocycles. The summed E-state index contributed by atoms with van der Waals surface area (Å²) in [4.78, 5) is 0. The quantitative estimate of drug-likeness (QED) is 0.809. The van der Waals surface area contributed by atoms with Gasteiger partial charge in [-0.15, -0.1) is 16.7 Å². The van der Waals surface area contributed by atoms with Gasteiger partial charge in [0.2, 0.25) is 0 Å². The van der Waals surface area contributed by atoms with Gasteiger partial charge in [-0.2, -0.15) is 0 Å². The van der Waals surface area contributed by atoms with Gasteiger partial charge in [0.25, 0.3) is 0 Å². The zero-order valence-electron chi connectivity index (χ0n) is 9.48. The Morgan fingerprint density at radius 1 is 1.35 bits per heavy atom. The highest BCUT2D eigenvalue weighted by atomic mass is 79.9. The van der Waals surface area contributed by atoms with Crippen LogP contribution in [0.2, 0.25) is 0 Å². The third-order valence-corrected chi connectivity index (χ3v) is 3.78. The highest BCUT2D eigenvalue weighted by Gasteiger charge is 2.12. The Bertz CT molecular complexity index is 464. The second kappa shape index (κ2) is 5.65. The lowest BCUT2D eigenvalue weighted by atomic mass is 10.1. The van der Waals surface area contributed by atoms with E-state index in [-0.39, 0.29) is 5.38 Å². The average Bonchev–Trinajstić information content (AvgIpc) is 2.67. The number of aryl methyl sites for hydroxylation is 1. The van der Waals surface area contributed by atoms with Crippen LogP contribution in [0.1, 0.15) is 23.1 Å². The van der Waals surface area contributed by atoms with Crippen molar-refractivity contribution >= 4 is 27.5 Å². The Morgan fingerprint density at radius 2 is 2.06 bits per heavy atom. The highest BCUT2D eigenvalue weighted by molar-refractivity contribution is 9.10. The van der Waals surface area contributed by atoms with Crippen LogP contribution >= 0.6 is 27.5 Å². The summed E-state index contributed by atoms with van der Waals surface area (Å²) in [7, 11) is 1.89. The molecule has 0 amide bonds. The van der Waals surface area contributed by atoms with Gasteiger partial charge in [-0.3, -0.25) is 4.68 Å². The van der Waals surface area contributed by atoms with Gasteiger partial charge in [0.1, 0.15) is 0 Å². The number of aromatic nitrogens is 3. The lowest BCUT2D eigenvalue weighted by molar-refractivity contribution is 0.655. The van der Waals surface area contributed by atoms with Crippen LogP contribution in [0.3, 0.4) is 0 Å². The van der Waals surface area contributed by atoms with Crippen molar-refractivity contribution < 1.29 is 0 Å². The van der Waals surface area contributed by atoms with E-state index in [1.54, 1.807) is 4.68 Å². The fourth-order valence-electron chi connectivity index (χ4n) is 1.71. The van der Waals surface area contributed by atoms with Gasteiger partial charge in [0.15, 0.2) is 4.60 Å². The van der Waals surface area contributed by atoms with Crippen molar-refractivity contribution in [2.45, 2.75) is 18.2 Å². The highest BCUT2D eigenvalue weighted by Crippen LogP contribution is 2.26. The molecule has 0 spiro atoms. The molecule has 1 heterocycles. The summed E-state index contributed by atoms with van der Waals surface area (Å²) in [6.07, 6.45) is 1.72. The maximum Gasteiger partial charge on any atom is 0.151 e. The van der Waals surface area contributed by atoms with Crippen molar-refractivity contribution in [2.75, 3.05) is 0 Å². The van der Waals surface area contributed by atoms with Crippen molar-refractivity contribution in [2.24, 2.45) is 7.05 Å². The molecule has 5 heteroatoms. The molecule has 0 bridgehead atoms. The summed E-state index contributed by atoms with van der Waals surface area (Å²) in [6, 6.07) is 10.1. The molecule has 0 fully saturated rings. The molecular formula is C12H13BrClN3. The molecule has 1 unspecified atom stereocenters. The first-order chi connectivity index (χ1) is 8.18. The van der Waals surface area contributed by atoms with Crippen LogP contribution in [0.25, 0.3) is 0 Å². The van der Waals surface area contributed by atoms with Gasteiger partial charge < -0.3 is 0 Å². The number of nitrogens with zero attached hydrogens (tertiary/aromatic N) is 3. The van der Waals surface area contributed by atoms with E-state index >= 15 is 0 Å². The number of rotatable bonds is 4. The van der Waals surface area contributed by atoms with E-state index in [0.29, 0.717) is 0 Å². The van der Waals surface area contributed by atoms with E-state index in [4.69, 9.17) is 11.6 Å². The molecule has 2 rings (SSSR count). The lowest BCUT2D eigenvalue weighted by Gasteiger charge is -2.09. The van der Waals surface area contributed by atoms with Crippen molar-refractivity contribution in [3.05, 3.63) is 46.2 Å². The van der Waals surface area contributed by atoms with Gasteiger partial charge in [0, 0.05) is 7.05 Å². The number of benzene rings is 1. The van der Waals surface area contributed by atoms with E-state index in [0.717, 1.165) is 28.7 Å². The molecule has 1 aromatic heterocycles. The second-order valence-electron chi connectivity index (χ2n) is 3.87. The van der Waals surface area contributed by atoms with Gasteiger partial charge >= 0.3 is 0 Å². The van der Waals surface area contributed by atoms with Crippen molar-refractivity contribution in [1.82, 2.24) is 15.0 Å². The lowest BCUT2D eigenvalue weighted by Crippen LogP contribution is -2.01. The molecular weight excluding hydrogens is 302 g/mol. The third kappa shape index (κ3) is 3.07. The summed E-state index contributed by atoms with van der Waals surface area (Å²) in [5, 5.41) is 7.92. The van der Waals surface area contributed by atoms with Gasteiger partial charge in [-0.25, -0.2) is 0 Å². The maximum absolute atomic E-state index is 6.36. The molecule has 0 aliphatic rings. The van der Waals surface area contributed by atoms with Crippen LogP contribution in [0.15, 0.2) is 34.9 Å². The van der Waals surface area contributed by atoms with Crippen molar-refractivity contribution in [1.29, 1.82) is 0 Å². The first-order valence-corrected chi connectivity index (χ1v) is 6.64. The van der Waals surface area contributed by atoms with Gasteiger partial charge in [-0.1, -0.05) is 35.5 Å². The Morgan fingerprint density at radius 3 is 2.65 bits per heavy atom. The molecule has 17 heavy (non-hydrogen) atoms. The SMILES string of the molecule is Cn1nnc(Br)c1CCC(Cl)c1ccccc1. The molecule has 0 aliphatic carbocycles. The first kappa shape index (κ1) is 12.6. The van der Waals surface area contributed by atoms with E-state index in [9.17, 15) is 0 Å². The molecule has 0 aliphatic heterocycles. The summed E-state index contributed by atoms with van der Waals surface area (Å²) >= 11 is 9.75. The topological polar surface area (TPSA) is 30.7 Å². The zero-order chi connectivity index (χ0) is 12.3. The van der Waals surface area contributed by atoms with Crippen LogP contribution in [-0.4, -0.2) is 15.0 Å². The Kier molecular flexibility index (Phi) is 4.18. The molecule has 2 aromatic rings. The predicted molar refractivity (Wildman–Crippen MR) is 72.1 cm³/mol. The Labute approximate surface area is 114 Å². The van der Waals surface area contributed by atoms with Crippen LogP contribution < -0.4 is 0 Å². The second-order valence-corrected chi connectivity index (χ2v) is 5.15. The minimum Gasteiger partial charge on any atom is -0.251 e. The molecule has 0 saturated carbocycles. The largest absolute Gasteiger partial charge is 0.251 e. The Hall–Kier alpha value is -0.870. The number of hydrogen-bond acceptors (Lipinski definition) is 2. The number of alkyl halides is 1. The average molecular weight is 315 g/mol. The fourth-order valence-corrected chi connectivity index (χ4v) is 2.49. The Balaban J connectivity index is 1.99. The van der Waals surface area contributed by atoms with E-state index in [2.05, 4.69) is 26.2 Å². The maximum atomic E-state index is 6.36. The first-order valence-electron chi connectivity index (χ1n) is 5.41. The van der Waals surface area contributed by atoms with E-state index in [1.807, 2.05) is 37.4 Å². The fraction of sp³-hybridized carbons (Fsp3) is 0.333. The minimum absolute atomic E-state index is 0.0259. The third-order valence-electron chi connectivity index (χ3n) is 2.69. The van der Waals surface area contributed by atoms with Crippen LogP contribution in [0, 0.1) is 0 Å². The number of halogens is 2. The van der Waals surface area contributed by atoms with E-state index in [1.165, 1.54) is 0 Å². The summed E-state index contributed by atoms with van der Waals surface area (Å²) in [5.74, 6) is 0. The molecule has 1 atom stereocenters. The molecule has 90 valence electrons. The molecule has 0 radical (unpaired) electrons. The predicted octanol–water partition coefficient (Wildman–Crippen LogP) is 3.49. The monoisotopic (exact) mass is 313 g/mol. The summed E-state index contributed by atoms with van der Waals surface area (Å²) in [6.45, 7) is 0. The number of hydrogen-bond donors (Lipinski definition) is 0. The van der Waals surface area contributed by atoms with E-state index < -0.39 is 0 Å². The minimum atomic E-state index is 0.0259. The zero-order valence-corrected chi connectivity index (χ0v) is 11.8. The summed E-state index contributed by atoms with van der Waals surface area (Å²) < 4.78 is 2.58. The molecule has 3 nitrogen and oxygen atoms in total. The molecule has 1 aromatic carbocycles. The van der Waals surface area contributed by atoms with Crippen molar-refractivity contribution in [3.63, 3.8) is 0 Å². The molecule has 0 N–H and O–H groups in total. The summed E-state index contributed by atoms with van der Waals surface area (Å²) in [5.41, 5.74) is 2.23. The van der Waals surface area contributed by atoms with Crippen molar-refractivity contribution in [3.8, 4) is 0 Å². The van der Waals surface area contributed by atoms with Gasteiger partial charge in [-0.05, 0) is 34.3 Å². The van der Waals surface area contributed by atoms with Gasteiger partial charge in [0.05, 0.1) is 11.1 Å². The smallest absolute Gasteiger partial charge is 0.151 e. The van der Waals surface area contributed by atoms with Crippen LogP contribution in [0.4, 0.5) is 0 Å². The van der Waals surface area contributed by atoms with Crippen LogP contribution in [-0.2, 0) is 13.5 Å².